The molecular formula is C16H33ClN2O3. The number of likely N-dealkylation sites (tertiary alicyclic amines) is 1. The summed E-state index contributed by atoms with van der Waals surface area (Å²) in [5.74, 6) is -0.0362. The predicted octanol–water partition coefficient (Wildman–Crippen LogP) is 2.34. The van der Waals surface area contributed by atoms with Crippen LogP contribution < -0.4 is 0 Å². The molecule has 0 radical (unpaired) electrons. The highest BCUT2D eigenvalue weighted by atomic mass is 35.5. The van der Waals surface area contributed by atoms with Gasteiger partial charge in [-0.05, 0) is 51.7 Å². The van der Waals surface area contributed by atoms with Crippen molar-refractivity contribution in [2.45, 2.75) is 45.6 Å². The molecule has 0 spiro atoms. The maximum Gasteiger partial charge on any atom is 0.317 e. The maximum absolute atomic E-state index is 10.8. The van der Waals surface area contributed by atoms with Gasteiger partial charge in [-0.1, -0.05) is 13.8 Å². The number of hydrogen-bond donors (Lipinski definition) is 1. The molecule has 132 valence electrons. The van der Waals surface area contributed by atoms with Crippen molar-refractivity contribution in [3.05, 3.63) is 0 Å². The van der Waals surface area contributed by atoms with Crippen molar-refractivity contribution in [3.8, 4) is 0 Å². The molecule has 5 nitrogen and oxygen atoms in total. The van der Waals surface area contributed by atoms with E-state index in [0.717, 1.165) is 58.5 Å². The Morgan fingerprint density at radius 2 is 2.05 bits per heavy atom. The standard InChI is InChI=1S/C16H32N2O3.ClH/c1-14(2)7-11-21-12-10-18-8-4-5-15(6-9-18)17(3)13-16(19)20;/h14-15H,4-13H2,1-3H3,(H,19,20);1H. The molecule has 0 bridgehead atoms. The van der Waals surface area contributed by atoms with Crippen LogP contribution in [-0.4, -0.2) is 73.4 Å². The van der Waals surface area contributed by atoms with Crippen LogP contribution in [0.25, 0.3) is 0 Å². The minimum absolute atomic E-state index is 0. The fourth-order valence-corrected chi connectivity index (χ4v) is 2.76. The van der Waals surface area contributed by atoms with Crippen LogP contribution in [-0.2, 0) is 9.53 Å². The SMILES string of the molecule is CC(C)CCOCCN1CCCC(N(C)CC(=O)O)CC1.Cl. The second-order valence-electron chi connectivity index (χ2n) is 6.53. The van der Waals surface area contributed by atoms with E-state index in [1.165, 1.54) is 0 Å². The molecule has 0 saturated carbocycles. The number of carboxylic acid groups (broad SMARTS) is 1. The first-order valence-corrected chi connectivity index (χ1v) is 8.21. The molecule has 1 aliphatic rings. The minimum Gasteiger partial charge on any atom is -0.480 e. The number of carbonyl (C=O) groups is 1. The molecule has 0 aromatic rings. The first kappa shape index (κ1) is 21.6. The molecule has 0 aliphatic carbocycles. The fraction of sp³-hybridized carbons (Fsp3) is 0.938. The molecule has 1 aliphatic heterocycles. The summed E-state index contributed by atoms with van der Waals surface area (Å²) in [7, 11) is 1.92. The van der Waals surface area contributed by atoms with E-state index in [-0.39, 0.29) is 19.0 Å². The summed E-state index contributed by atoms with van der Waals surface area (Å²) in [6.07, 6.45) is 4.41. The summed E-state index contributed by atoms with van der Waals surface area (Å²) < 4.78 is 5.69. The molecule has 1 fully saturated rings. The van der Waals surface area contributed by atoms with Crippen molar-refractivity contribution in [2.24, 2.45) is 5.92 Å². The molecule has 0 amide bonds. The molecule has 1 atom stereocenters. The van der Waals surface area contributed by atoms with E-state index in [1.807, 2.05) is 11.9 Å². The van der Waals surface area contributed by atoms with Gasteiger partial charge in [0.2, 0.25) is 0 Å². The Morgan fingerprint density at radius 1 is 1.32 bits per heavy atom. The van der Waals surface area contributed by atoms with Gasteiger partial charge in [-0.15, -0.1) is 12.4 Å². The van der Waals surface area contributed by atoms with Gasteiger partial charge in [-0.3, -0.25) is 9.69 Å². The second kappa shape index (κ2) is 12.1. The Bertz CT molecular complexity index is 303. The highest BCUT2D eigenvalue weighted by Gasteiger charge is 2.21. The number of ether oxygens (including phenoxy) is 1. The number of hydrogen-bond acceptors (Lipinski definition) is 4. The number of aliphatic carboxylic acids is 1. The minimum atomic E-state index is -0.739. The smallest absolute Gasteiger partial charge is 0.317 e. The predicted molar refractivity (Wildman–Crippen MR) is 91.9 cm³/mol. The Kier molecular flexibility index (Phi) is 11.9. The van der Waals surface area contributed by atoms with Gasteiger partial charge in [-0.2, -0.15) is 0 Å². The van der Waals surface area contributed by atoms with E-state index in [0.29, 0.717) is 12.0 Å². The largest absolute Gasteiger partial charge is 0.480 e. The van der Waals surface area contributed by atoms with Crippen molar-refractivity contribution < 1.29 is 14.6 Å². The van der Waals surface area contributed by atoms with Crippen LogP contribution >= 0.6 is 12.4 Å². The molecule has 22 heavy (non-hydrogen) atoms. The van der Waals surface area contributed by atoms with E-state index in [1.54, 1.807) is 0 Å². The lowest BCUT2D eigenvalue weighted by atomic mass is 10.1. The van der Waals surface area contributed by atoms with Gasteiger partial charge in [0.05, 0.1) is 13.2 Å². The van der Waals surface area contributed by atoms with Gasteiger partial charge in [0, 0.05) is 19.2 Å². The average molecular weight is 337 g/mol. The number of halogens is 1. The molecule has 6 heteroatoms. The van der Waals surface area contributed by atoms with Gasteiger partial charge in [0.15, 0.2) is 0 Å². The van der Waals surface area contributed by atoms with Crippen LogP contribution in [0.3, 0.4) is 0 Å². The Hall–Kier alpha value is -0.360. The topological polar surface area (TPSA) is 53.0 Å². The van der Waals surface area contributed by atoms with Gasteiger partial charge < -0.3 is 14.7 Å². The summed E-state index contributed by atoms with van der Waals surface area (Å²) in [5.41, 5.74) is 0. The number of rotatable bonds is 9. The molecule has 1 saturated heterocycles. The molecule has 1 unspecified atom stereocenters. The number of carboxylic acids is 1. The molecule has 1 N–H and O–H groups in total. The van der Waals surface area contributed by atoms with Crippen LogP contribution in [0.15, 0.2) is 0 Å². The van der Waals surface area contributed by atoms with E-state index >= 15 is 0 Å². The third-order valence-corrected chi connectivity index (χ3v) is 4.19. The van der Waals surface area contributed by atoms with Gasteiger partial charge >= 0.3 is 5.97 Å². The van der Waals surface area contributed by atoms with Crippen molar-refractivity contribution in [3.63, 3.8) is 0 Å². The van der Waals surface area contributed by atoms with Crippen LogP contribution in [0.1, 0.15) is 39.5 Å². The lowest BCUT2D eigenvalue weighted by Gasteiger charge is -2.25. The Balaban J connectivity index is 0.00000441. The molecule has 1 heterocycles. The van der Waals surface area contributed by atoms with Crippen molar-refractivity contribution in [2.75, 3.05) is 46.4 Å². The third kappa shape index (κ3) is 9.62. The van der Waals surface area contributed by atoms with Crippen LogP contribution in [0.4, 0.5) is 0 Å². The zero-order chi connectivity index (χ0) is 15.7. The van der Waals surface area contributed by atoms with Gasteiger partial charge in [-0.25, -0.2) is 0 Å². The second-order valence-corrected chi connectivity index (χ2v) is 6.53. The van der Waals surface area contributed by atoms with Crippen LogP contribution in [0.2, 0.25) is 0 Å². The average Bonchev–Trinajstić information content (AvgIpc) is 2.63. The summed E-state index contributed by atoms with van der Waals surface area (Å²) in [6, 6.07) is 0.396. The van der Waals surface area contributed by atoms with Crippen molar-refractivity contribution >= 4 is 18.4 Å². The quantitative estimate of drug-likeness (QED) is 0.655. The third-order valence-electron chi connectivity index (χ3n) is 4.19. The van der Waals surface area contributed by atoms with Crippen LogP contribution in [0, 0.1) is 5.92 Å². The number of nitrogens with zero attached hydrogens (tertiary/aromatic N) is 2. The van der Waals surface area contributed by atoms with E-state index in [2.05, 4.69) is 18.7 Å². The first-order valence-electron chi connectivity index (χ1n) is 8.21. The summed E-state index contributed by atoms with van der Waals surface area (Å²) in [6.45, 7) is 9.37. The monoisotopic (exact) mass is 336 g/mol. The maximum atomic E-state index is 10.8. The van der Waals surface area contributed by atoms with Gasteiger partial charge in [0.25, 0.3) is 0 Å². The highest BCUT2D eigenvalue weighted by Crippen LogP contribution is 2.15. The highest BCUT2D eigenvalue weighted by molar-refractivity contribution is 5.85. The zero-order valence-electron chi connectivity index (χ0n) is 14.3. The lowest BCUT2D eigenvalue weighted by Crippen LogP contribution is -2.37. The van der Waals surface area contributed by atoms with E-state index < -0.39 is 5.97 Å². The lowest BCUT2D eigenvalue weighted by molar-refractivity contribution is -0.138. The summed E-state index contributed by atoms with van der Waals surface area (Å²) >= 11 is 0. The first-order chi connectivity index (χ1) is 9.99. The van der Waals surface area contributed by atoms with E-state index in [9.17, 15) is 4.79 Å². The Morgan fingerprint density at radius 3 is 2.68 bits per heavy atom. The molecule has 1 rings (SSSR count). The van der Waals surface area contributed by atoms with Crippen LogP contribution in [0.5, 0.6) is 0 Å². The Labute approximate surface area is 141 Å². The van der Waals surface area contributed by atoms with E-state index in [4.69, 9.17) is 9.84 Å². The van der Waals surface area contributed by atoms with Crippen molar-refractivity contribution in [1.82, 2.24) is 9.80 Å². The number of likely N-dealkylation sites (N-methyl/N-ethyl adjacent to an activating group) is 1. The fourth-order valence-electron chi connectivity index (χ4n) is 2.76. The molecule has 0 aromatic heterocycles. The zero-order valence-corrected chi connectivity index (χ0v) is 15.1. The summed E-state index contributed by atoms with van der Waals surface area (Å²) in [4.78, 5) is 15.2. The van der Waals surface area contributed by atoms with Gasteiger partial charge in [0.1, 0.15) is 0 Å². The summed E-state index contributed by atoms with van der Waals surface area (Å²) in [5, 5.41) is 8.87. The normalized spacial score (nSPS) is 20.0. The van der Waals surface area contributed by atoms with Crippen molar-refractivity contribution in [1.29, 1.82) is 0 Å². The molecule has 0 aromatic carbocycles. The molecular weight excluding hydrogens is 304 g/mol.